The van der Waals surface area contributed by atoms with Gasteiger partial charge in [0.1, 0.15) is 0 Å². The van der Waals surface area contributed by atoms with Gasteiger partial charge in [-0.1, -0.05) is 0 Å². The number of hydrogen-bond acceptors (Lipinski definition) is 3. The summed E-state index contributed by atoms with van der Waals surface area (Å²) in [6.45, 7) is 2.59. The molecule has 0 amide bonds. The first-order valence-corrected chi connectivity index (χ1v) is 5.11. The van der Waals surface area contributed by atoms with Crippen LogP contribution in [0.1, 0.15) is 32.6 Å². The molecule has 1 aliphatic rings. The number of aliphatic hydroxyl groups is 3. The molecule has 0 heterocycles. The van der Waals surface area contributed by atoms with Crippen LogP contribution in [0.15, 0.2) is 0 Å². The SMILES string of the molecule is CCO.OCC1CCC(CO)CC1. The lowest BCUT2D eigenvalue weighted by molar-refractivity contribution is 0.131. The fourth-order valence-electron chi connectivity index (χ4n) is 1.60. The summed E-state index contributed by atoms with van der Waals surface area (Å²) in [6, 6.07) is 0. The van der Waals surface area contributed by atoms with E-state index in [-0.39, 0.29) is 6.61 Å². The lowest BCUT2D eigenvalue weighted by Crippen LogP contribution is -2.19. The van der Waals surface area contributed by atoms with Crippen molar-refractivity contribution in [2.75, 3.05) is 19.8 Å². The van der Waals surface area contributed by atoms with Crippen molar-refractivity contribution in [1.29, 1.82) is 0 Å². The largest absolute Gasteiger partial charge is 0.397 e. The normalized spacial score (nSPS) is 27.7. The van der Waals surface area contributed by atoms with Crippen LogP contribution in [0.25, 0.3) is 0 Å². The summed E-state index contributed by atoms with van der Waals surface area (Å²) < 4.78 is 0. The number of aliphatic hydroxyl groups excluding tert-OH is 3. The third-order valence-corrected chi connectivity index (χ3v) is 2.48. The Morgan fingerprint density at radius 3 is 1.23 bits per heavy atom. The van der Waals surface area contributed by atoms with Crippen molar-refractivity contribution in [2.24, 2.45) is 11.8 Å². The van der Waals surface area contributed by atoms with Crippen molar-refractivity contribution < 1.29 is 15.3 Å². The van der Waals surface area contributed by atoms with Crippen molar-refractivity contribution >= 4 is 0 Å². The fraction of sp³-hybridized carbons (Fsp3) is 1.00. The van der Waals surface area contributed by atoms with Gasteiger partial charge in [-0.2, -0.15) is 0 Å². The van der Waals surface area contributed by atoms with Gasteiger partial charge in [0.25, 0.3) is 0 Å². The maximum atomic E-state index is 8.79. The van der Waals surface area contributed by atoms with E-state index in [1.807, 2.05) is 0 Å². The highest BCUT2D eigenvalue weighted by Crippen LogP contribution is 2.27. The molecule has 3 heteroatoms. The first kappa shape index (κ1) is 12.9. The Morgan fingerprint density at radius 1 is 0.846 bits per heavy atom. The number of rotatable bonds is 2. The summed E-state index contributed by atoms with van der Waals surface area (Å²) in [6.07, 6.45) is 4.40. The Balaban J connectivity index is 0.000000424. The van der Waals surface area contributed by atoms with Crippen LogP contribution in [0.2, 0.25) is 0 Å². The van der Waals surface area contributed by atoms with E-state index in [1.165, 1.54) is 0 Å². The minimum atomic E-state index is 0.250. The second-order valence-corrected chi connectivity index (χ2v) is 3.57. The molecule has 0 aromatic carbocycles. The van der Waals surface area contributed by atoms with E-state index >= 15 is 0 Å². The van der Waals surface area contributed by atoms with Gasteiger partial charge in [0.05, 0.1) is 0 Å². The van der Waals surface area contributed by atoms with Crippen LogP contribution >= 0.6 is 0 Å². The molecule has 0 atom stereocenters. The predicted molar refractivity (Wildman–Crippen MR) is 52.4 cm³/mol. The van der Waals surface area contributed by atoms with Gasteiger partial charge in [0, 0.05) is 19.8 Å². The van der Waals surface area contributed by atoms with Crippen molar-refractivity contribution in [3.63, 3.8) is 0 Å². The van der Waals surface area contributed by atoms with Gasteiger partial charge in [-0.3, -0.25) is 0 Å². The molecule has 0 spiro atoms. The Labute approximate surface area is 80.4 Å². The van der Waals surface area contributed by atoms with Crippen molar-refractivity contribution in [3.8, 4) is 0 Å². The van der Waals surface area contributed by atoms with Crippen LogP contribution in [0, 0.1) is 11.8 Å². The van der Waals surface area contributed by atoms with E-state index < -0.39 is 0 Å². The van der Waals surface area contributed by atoms with Gasteiger partial charge in [-0.25, -0.2) is 0 Å². The lowest BCUT2D eigenvalue weighted by atomic mass is 9.83. The molecule has 0 bridgehead atoms. The van der Waals surface area contributed by atoms with E-state index in [9.17, 15) is 0 Å². The Hall–Kier alpha value is -0.120. The molecule has 3 N–H and O–H groups in total. The molecule has 0 aromatic heterocycles. The third-order valence-electron chi connectivity index (χ3n) is 2.48. The standard InChI is InChI=1S/C8H16O2.C2H6O/c9-5-7-1-2-8(6-10)4-3-7;1-2-3/h7-10H,1-6H2;3H,2H2,1H3. The summed E-state index contributed by atoms with van der Waals surface area (Å²) in [5, 5.41) is 25.1. The van der Waals surface area contributed by atoms with E-state index in [2.05, 4.69) is 0 Å². The molecule has 1 aliphatic carbocycles. The zero-order valence-corrected chi connectivity index (χ0v) is 8.45. The molecular formula is C10H22O3. The Bertz CT molecular complexity index is 86.3. The first-order valence-electron chi connectivity index (χ1n) is 5.11. The van der Waals surface area contributed by atoms with Crippen molar-refractivity contribution in [3.05, 3.63) is 0 Å². The van der Waals surface area contributed by atoms with E-state index in [0.717, 1.165) is 25.7 Å². The summed E-state index contributed by atoms with van der Waals surface area (Å²) in [4.78, 5) is 0. The van der Waals surface area contributed by atoms with Gasteiger partial charge < -0.3 is 15.3 Å². The van der Waals surface area contributed by atoms with Gasteiger partial charge in [-0.15, -0.1) is 0 Å². The average Bonchev–Trinajstić information content (AvgIpc) is 2.19. The molecule has 1 fully saturated rings. The lowest BCUT2D eigenvalue weighted by Gasteiger charge is -2.25. The summed E-state index contributed by atoms with van der Waals surface area (Å²) >= 11 is 0. The minimum Gasteiger partial charge on any atom is -0.397 e. The molecule has 3 nitrogen and oxygen atoms in total. The zero-order valence-electron chi connectivity index (χ0n) is 8.45. The fourth-order valence-corrected chi connectivity index (χ4v) is 1.60. The smallest absolute Gasteiger partial charge is 0.0459 e. The molecule has 0 unspecified atom stereocenters. The molecule has 80 valence electrons. The first-order chi connectivity index (χ1) is 6.28. The van der Waals surface area contributed by atoms with Gasteiger partial charge in [-0.05, 0) is 44.4 Å². The Morgan fingerprint density at radius 2 is 1.08 bits per heavy atom. The summed E-state index contributed by atoms with van der Waals surface area (Å²) in [7, 11) is 0. The van der Waals surface area contributed by atoms with Crippen LogP contribution in [0.4, 0.5) is 0 Å². The predicted octanol–water partition coefficient (Wildman–Crippen LogP) is 0.776. The molecular weight excluding hydrogens is 168 g/mol. The zero-order chi connectivity index (χ0) is 10.1. The highest BCUT2D eigenvalue weighted by molar-refractivity contribution is 4.70. The number of hydrogen-bond donors (Lipinski definition) is 3. The van der Waals surface area contributed by atoms with Crippen molar-refractivity contribution in [2.45, 2.75) is 32.6 Å². The molecule has 13 heavy (non-hydrogen) atoms. The molecule has 0 radical (unpaired) electrons. The highest BCUT2D eigenvalue weighted by Gasteiger charge is 2.19. The van der Waals surface area contributed by atoms with Crippen LogP contribution in [0.3, 0.4) is 0 Å². The third kappa shape index (κ3) is 6.02. The second-order valence-electron chi connectivity index (χ2n) is 3.57. The van der Waals surface area contributed by atoms with Crippen LogP contribution in [-0.2, 0) is 0 Å². The van der Waals surface area contributed by atoms with Gasteiger partial charge in [0.2, 0.25) is 0 Å². The van der Waals surface area contributed by atoms with E-state index in [4.69, 9.17) is 15.3 Å². The van der Waals surface area contributed by atoms with E-state index in [1.54, 1.807) is 6.92 Å². The molecule has 0 aliphatic heterocycles. The molecule has 0 saturated heterocycles. The Kier molecular flexibility index (Phi) is 8.40. The second kappa shape index (κ2) is 8.48. The maximum Gasteiger partial charge on any atom is 0.0459 e. The van der Waals surface area contributed by atoms with Crippen molar-refractivity contribution in [1.82, 2.24) is 0 Å². The quantitative estimate of drug-likeness (QED) is 0.603. The highest BCUT2D eigenvalue weighted by atomic mass is 16.3. The van der Waals surface area contributed by atoms with Crippen LogP contribution < -0.4 is 0 Å². The monoisotopic (exact) mass is 190 g/mol. The summed E-state index contributed by atoms with van der Waals surface area (Å²) in [5.74, 6) is 1.03. The van der Waals surface area contributed by atoms with E-state index in [0.29, 0.717) is 25.0 Å². The minimum absolute atomic E-state index is 0.250. The molecule has 1 rings (SSSR count). The topological polar surface area (TPSA) is 60.7 Å². The van der Waals surface area contributed by atoms with Crippen LogP contribution in [0.5, 0.6) is 0 Å². The average molecular weight is 190 g/mol. The summed E-state index contributed by atoms with van der Waals surface area (Å²) in [5.41, 5.74) is 0. The maximum absolute atomic E-state index is 8.79. The molecule has 0 aromatic rings. The van der Waals surface area contributed by atoms with Crippen LogP contribution in [-0.4, -0.2) is 35.1 Å². The van der Waals surface area contributed by atoms with Gasteiger partial charge in [0.15, 0.2) is 0 Å². The molecule has 1 saturated carbocycles. The van der Waals surface area contributed by atoms with Gasteiger partial charge >= 0.3 is 0 Å².